The minimum Gasteiger partial charge on any atom is -0.507 e. The number of aromatic hydroxyl groups is 1. The number of phenolic OH excluding ortho intramolecular Hbond substituents is 1. The van der Waals surface area contributed by atoms with Crippen molar-refractivity contribution >= 4 is 28.1 Å². The van der Waals surface area contributed by atoms with E-state index in [0.29, 0.717) is 17.1 Å². The number of hydrogen-bond acceptors (Lipinski definition) is 5. The van der Waals surface area contributed by atoms with Gasteiger partial charge in [-0.2, -0.15) is 5.10 Å². The Morgan fingerprint density at radius 2 is 1.87 bits per heavy atom. The first-order valence-electron chi connectivity index (χ1n) is 6.59. The number of ether oxygens (including phenoxy) is 2. The number of carbonyl (C=O) groups excluding carboxylic acids is 1. The first-order valence-corrected chi connectivity index (χ1v) is 7.39. The van der Waals surface area contributed by atoms with Crippen LogP contribution < -0.4 is 14.9 Å². The molecule has 0 heterocycles. The minimum atomic E-state index is -0.504. The lowest BCUT2D eigenvalue weighted by atomic mass is 10.2. The van der Waals surface area contributed by atoms with E-state index < -0.39 is 5.91 Å². The first kappa shape index (κ1) is 16.8. The number of hydrazone groups is 1. The first-order chi connectivity index (χ1) is 11.1. The van der Waals surface area contributed by atoms with Crippen LogP contribution >= 0.6 is 15.9 Å². The van der Waals surface area contributed by atoms with Crippen LogP contribution in [0.3, 0.4) is 0 Å². The Balaban J connectivity index is 2.15. The van der Waals surface area contributed by atoms with E-state index in [1.807, 2.05) is 0 Å². The van der Waals surface area contributed by atoms with Crippen LogP contribution in [0.25, 0.3) is 0 Å². The topological polar surface area (TPSA) is 80.2 Å². The number of benzene rings is 2. The monoisotopic (exact) mass is 378 g/mol. The molecule has 1 amide bonds. The van der Waals surface area contributed by atoms with Crippen LogP contribution in [-0.2, 0) is 0 Å². The van der Waals surface area contributed by atoms with Crippen molar-refractivity contribution in [2.45, 2.75) is 0 Å². The van der Waals surface area contributed by atoms with Crippen LogP contribution in [0.4, 0.5) is 0 Å². The van der Waals surface area contributed by atoms with Crippen molar-refractivity contribution in [1.29, 1.82) is 0 Å². The molecule has 0 aromatic heterocycles. The van der Waals surface area contributed by atoms with Gasteiger partial charge in [0.1, 0.15) is 5.75 Å². The van der Waals surface area contributed by atoms with E-state index in [1.54, 1.807) is 31.4 Å². The van der Waals surface area contributed by atoms with E-state index in [1.165, 1.54) is 25.5 Å². The summed E-state index contributed by atoms with van der Waals surface area (Å²) >= 11 is 3.40. The third-order valence-corrected chi connectivity index (χ3v) is 3.71. The largest absolute Gasteiger partial charge is 0.507 e. The van der Waals surface area contributed by atoms with Gasteiger partial charge in [0.15, 0.2) is 11.5 Å². The summed E-state index contributed by atoms with van der Waals surface area (Å²) in [7, 11) is 3.08. The minimum absolute atomic E-state index is 0.104. The van der Waals surface area contributed by atoms with Gasteiger partial charge in [0.25, 0.3) is 5.91 Å². The van der Waals surface area contributed by atoms with Crippen LogP contribution in [0.5, 0.6) is 17.2 Å². The summed E-state index contributed by atoms with van der Waals surface area (Å²) in [5.41, 5.74) is 3.20. The third kappa shape index (κ3) is 4.01. The van der Waals surface area contributed by atoms with Gasteiger partial charge in [0.2, 0.25) is 0 Å². The number of methoxy groups -OCH3 is 2. The Bertz CT molecular complexity index is 747. The van der Waals surface area contributed by atoms with Gasteiger partial charge in [-0.25, -0.2) is 5.43 Å². The molecule has 7 heteroatoms. The number of amides is 1. The van der Waals surface area contributed by atoms with E-state index in [-0.39, 0.29) is 11.3 Å². The number of halogens is 1. The van der Waals surface area contributed by atoms with Crippen molar-refractivity contribution in [3.05, 3.63) is 52.0 Å². The number of phenols is 1. The lowest BCUT2D eigenvalue weighted by molar-refractivity contribution is 0.0952. The lowest BCUT2D eigenvalue weighted by Crippen LogP contribution is -2.17. The molecule has 0 unspecified atom stereocenters. The van der Waals surface area contributed by atoms with Gasteiger partial charge in [0, 0.05) is 10.0 Å². The van der Waals surface area contributed by atoms with Crippen molar-refractivity contribution in [2.75, 3.05) is 14.2 Å². The molecule has 120 valence electrons. The zero-order valence-electron chi connectivity index (χ0n) is 12.5. The van der Waals surface area contributed by atoms with Gasteiger partial charge < -0.3 is 14.6 Å². The fourth-order valence-corrected chi connectivity index (χ4v) is 2.28. The van der Waals surface area contributed by atoms with Crippen LogP contribution in [-0.4, -0.2) is 31.4 Å². The zero-order chi connectivity index (χ0) is 16.8. The number of carbonyl (C=O) groups is 1. The summed E-state index contributed by atoms with van der Waals surface area (Å²) in [5.74, 6) is 0.516. The van der Waals surface area contributed by atoms with Crippen LogP contribution in [0.15, 0.2) is 46.0 Å². The maximum absolute atomic E-state index is 11.9. The molecule has 0 fully saturated rings. The molecule has 0 aliphatic rings. The van der Waals surface area contributed by atoms with Gasteiger partial charge in [-0.05, 0) is 40.2 Å². The Hall–Kier alpha value is -2.54. The van der Waals surface area contributed by atoms with Gasteiger partial charge >= 0.3 is 0 Å². The maximum atomic E-state index is 11.9. The number of nitrogens with zero attached hydrogens (tertiary/aromatic N) is 1. The normalized spacial score (nSPS) is 10.6. The Kier molecular flexibility index (Phi) is 5.59. The molecular formula is C16H15BrN2O4. The standard InChI is InChI=1S/C16H15BrN2O4/c1-22-14-7-10(12(17)8-15(14)23-2)9-18-19-16(21)11-5-3-4-6-13(11)20/h3-9,20H,1-2H3,(H,19,21)/b18-9-. The second kappa shape index (κ2) is 7.64. The van der Waals surface area contributed by atoms with Crippen molar-refractivity contribution in [3.8, 4) is 17.2 Å². The molecule has 0 saturated carbocycles. The van der Waals surface area contributed by atoms with E-state index >= 15 is 0 Å². The summed E-state index contributed by atoms with van der Waals surface area (Å²) in [6.45, 7) is 0. The summed E-state index contributed by atoms with van der Waals surface area (Å²) in [6, 6.07) is 9.69. The van der Waals surface area contributed by atoms with E-state index in [4.69, 9.17) is 9.47 Å². The molecule has 0 saturated heterocycles. The highest BCUT2D eigenvalue weighted by Crippen LogP contribution is 2.32. The molecule has 0 aliphatic carbocycles. The van der Waals surface area contributed by atoms with Crippen molar-refractivity contribution in [1.82, 2.24) is 5.43 Å². The fraction of sp³-hybridized carbons (Fsp3) is 0.125. The lowest BCUT2D eigenvalue weighted by Gasteiger charge is -2.09. The van der Waals surface area contributed by atoms with E-state index in [0.717, 1.165) is 4.47 Å². The smallest absolute Gasteiger partial charge is 0.275 e. The predicted octanol–water partition coefficient (Wildman–Crippen LogP) is 2.94. The van der Waals surface area contributed by atoms with Crippen molar-refractivity contribution in [2.24, 2.45) is 5.10 Å². The van der Waals surface area contributed by atoms with Gasteiger partial charge in [-0.15, -0.1) is 0 Å². The molecule has 0 aliphatic heterocycles. The summed E-state index contributed by atoms with van der Waals surface area (Å²) in [4.78, 5) is 11.9. The number of hydrogen-bond donors (Lipinski definition) is 2. The molecule has 23 heavy (non-hydrogen) atoms. The number of nitrogens with one attached hydrogen (secondary N) is 1. The van der Waals surface area contributed by atoms with Gasteiger partial charge in [0.05, 0.1) is 26.0 Å². The highest BCUT2D eigenvalue weighted by molar-refractivity contribution is 9.10. The SMILES string of the molecule is COc1cc(Br)c(/C=N\NC(=O)c2ccccc2O)cc1OC. The highest BCUT2D eigenvalue weighted by Gasteiger charge is 2.10. The van der Waals surface area contributed by atoms with Crippen LogP contribution in [0, 0.1) is 0 Å². The zero-order valence-corrected chi connectivity index (χ0v) is 14.1. The summed E-state index contributed by atoms with van der Waals surface area (Å²) < 4.78 is 11.1. The molecule has 0 atom stereocenters. The molecule has 2 rings (SSSR count). The Morgan fingerprint density at radius 3 is 2.52 bits per heavy atom. The second-order valence-electron chi connectivity index (χ2n) is 4.44. The molecular weight excluding hydrogens is 364 g/mol. The summed E-state index contributed by atoms with van der Waals surface area (Å²) in [5, 5.41) is 13.5. The molecule has 2 N–H and O–H groups in total. The second-order valence-corrected chi connectivity index (χ2v) is 5.30. The molecule has 0 spiro atoms. The van der Waals surface area contributed by atoms with E-state index in [2.05, 4.69) is 26.5 Å². The van der Waals surface area contributed by atoms with Crippen LogP contribution in [0.1, 0.15) is 15.9 Å². The fourth-order valence-electron chi connectivity index (χ4n) is 1.86. The third-order valence-electron chi connectivity index (χ3n) is 3.02. The molecule has 0 radical (unpaired) electrons. The number of para-hydroxylation sites is 1. The summed E-state index contributed by atoms with van der Waals surface area (Å²) in [6.07, 6.45) is 1.46. The van der Waals surface area contributed by atoms with Gasteiger partial charge in [-0.1, -0.05) is 12.1 Å². The average Bonchev–Trinajstić information content (AvgIpc) is 2.56. The quantitative estimate of drug-likeness (QED) is 0.619. The van der Waals surface area contributed by atoms with Crippen molar-refractivity contribution < 1.29 is 19.4 Å². The maximum Gasteiger partial charge on any atom is 0.275 e. The molecule has 0 bridgehead atoms. The number of rotatable bonds is 5. The molecule has 2 aromatic rings. The van der Waals surface area contributed by atoms with E-state index in [9.17, 15) is 9.90 Å². The highest BCUT2D eigenvalue weighted by atomic mass is 79.9. The van der Waals surface area contributed by atoms with Crippen LogP contribution in [0.2, 0.25) is 0 Å². The molecule has 6 nitrogen and oxygen atoms in total. The average molecular weight is 379 g/mol. The Morgan fingerprint density at radius 1 is 1.22 bits per heavy atom. The predicted molar refractivity (Wildman–Crippen MR) is 90.4 cm³/mol. The molecule has 2 aromatic carbocycles. The van der Waals surface area contributed by atoms with Gasteiger partial charge in [-0.3, -0.25) is 4.79 Å². The Labute approximate surface area is 141 Å². The van der Waals surface area contributed by atoms with Crippen molar-refractivity contribution in [3.63, 3.8) is 0 Å².